The van der Waals surface area contributed by atoms with Crippen LogP contribution in [0, 0.1) is 0 Å². The summed E-state index contributed by atoms with van der Waals surface area (Å²) in [6.45, 7) is 1.17. The van der Waals surface area contributed by atoms with Gasteiger partial charge in [-0.3, -0.25) is 4.72 Å². The Labute approximate surface area is 116 Å². The molecular formula is C11H16BrN3O2S. The first-order valence-electron chi connectivity index (χ1n) is 5.98. The molecule has 0 amide bonds. The van der Waals surface area contributed by atoms with E-state index in [0.29, 0.717) is 23.4 Å². The van der Waals surface area contributed by atoms with Gasteiger partial charge in [-0.05, 0) is 40.9 Å². The summed E-state index contributed by atoms with van der Waals surface area (Å²) in [6.07, 6.45) is 5.60. The van der Waals surface area contributed by atoms with Gasteiger partial charge in [0.15, 0.2) is 5.82 Å². The van der Waals surface area contributed by atoms with E-state index < -0.39 is 10.2 Å². The summed E-state index contributed by atoms with van der Waals surface area (Å²) in [7, 11) is -3.49. The molecule has 0 aliphatic carbocycles. The highest BCUT2D eigenvalue weighted by atomic mass is 79.9. The van der Waals surface area contributed by atoms with Crippen molar-refractivity contribution >= 4 is 32.0 Å². The molecule has 1 aliphatic rings. The summed E-state index contributed by atoms with van der Waals surface area (Å²) >= 11 is 3.28. The Bertz CT molecular complexity index is 499. The molecule has 18 heavy (non-hydrogen) atoms. The SMILES string of the molecule is O=S(=O)(Nc1ncccc1Br)N1CCCCCC1. The molecule has 1 fully saturated rings. The first-order chi connectivity index (χ1) is 8.59. The second-order valence-corrected chi connectivity index (χ2v) is 6.78. The lowest BCUT2D eigenvalue weighted by molar-refractivity contribution is 0.427. The van der Waals surface area contributed by atoms with Gasteiger partial charge in [0, 0.05) is 19.3 Å². The van der Waals surface area contributed by atoms with Gasteiger partial charge in [-0.2, -0.15) is 12.7 Å². The minimum atomic E-state index is -3.49. The maximum atomic E-state index is 12.2. The van der Waals surface area contributed by atoms with Crippen LogP contribution in [0.1, 0.15) is 25.7 Å². The molecule has 1 aromatic heterocycles. The van der Waals surface area contributed by atoms with Crippen LogP contribution in [0.15, 0.2) is 22.8 Å². The van der Waals surface area contributed by atoms with Gasteiger partial charge in [0.05, 0.1) is 4.47 Å². The third kappa shape index (κ3) is 3.43. The molecule has 0 spiro atoms. The molecule has 0 radical (unpaired) electrons. The lowest BCUT2D eigenvalue weighted by Gasteiger charge is -2.20. The highest BCUT2D eigenvalue weighted by molar-refractivity contribution is 9.10. The predicted octanol–water partition coefficient (Wildman–Crippen LogP) is 2.38. The molecule has 0 unspecified atom stereocenters. The van der Waals surface area contributed by atoms with Crippen molar-refractivity contribution in [2.45, 2.75) is 25.7 Å². The van der Waals surface area contributed by atoms with Gasteiger partial charge in [0.25, 0.3) is 0 Å². The zero-order valence-electron chi connectivity index (χ0n) is 9.97. The molecule has 0 atom stereocenters. The average Bonchev–Trinajstić information content (AvgIpc) is 2.61. The Morgan fingerprint density at radius 3 is 2.50 bits per heavy atom. The molecular weight excluding hydrogens is 318 g/mol. The second-order valence-electron chi connectivity index (χ2n) is 4.25. The quantitative estimate of drug-likeness (QED) is 0.923. The molecule has 2 heterocycles. The van der Waals surface area contributed by atoms with Crippen molar-refractivity contribution < 1.29 is 8.42 Å². The van der Waals surface area contributed by atoms with E-state index in [9.17, 15) is 8.42 Å². The number of rotatable bonds is 3. The van der Waals surface area contributed by atoms with Crippen molar-refractivity contribution in [3.8, 4) is 0 Å². The van der Waals surface area contributed by atoms with Crippen LogP contribution in [-0.4, -0.2) is 30.8 Å². The Morgan fingerprint density at radius 2 is 1.89 bits per heavy atom. The number of anilines is 1. The third-order valence-corrected chi connectivity index (χ3v) is 5.03. The molecule has 1 aliphatic heterocycles. The molecule has 0 bridgehead atoms. The summed E-state index contributed by atoms with van der Waals surface area (Å²) in [6, 6.07) is 3.50. The molecule has 1 aromatic rings. The summed E-state index contributed by atoms with van der Waals surface area (Å²) in [5, 5.41) is 0. The van der Waals surface area contributed by atoms with Gasteiger partial charge in [-0.1, -0.05) is 12.8 Å². The maximum absolute atomic E-state index is 12.2. The molecule has 0 saturated carbocycles. The van der Waals surface area contributed by atoms with E-state index >= 15 is 0 Å². The molecule has 1 saturated heterocycles. The van der Waals surface area contributed by atoms with E-state index in [1.165, 1.54) is 4.31 Å². The highest BCUT2D eigenvalue weighted by Gasteiger charge is 2.23. The topological polar surface area (TPSA) is 62.3 Å². The Morgan fingerprint density at radius 1 is 1.22 bits per heavy atom. The number of hydrogen-bond acceptors (Lipinski definition) is 3. The predicted molar refractivity (Wildman–Crippen MR) is 74.5 cm³/mol. The number of pyridine rings is 1. The molecule has 100 valence electrons. The van der Waals surface area contributed by atoms with Gasteiger partial charge >= 0.3 is 10.2 Å². The van der Waals surface area contributed by atoms with E-state index in [1.807, 2.05) is 0 Å². The maximum Gasteiger partial charge on any atom is 0.302 e. The fourth-order valence-electron chi connectivity index (χ4n) is 1.93. The lowest BCUT2D eigenvalue weighted by Crippen LogP contribution is -2.36. The molecule has 2 rings (SSSR count). The van der Waals surface area contributed by atoms with Crippen LogP contribution in [-0.2, 0) is 10.2 Å². The molecule has 7 heteroatoms. The van der Waals surface area contributed by atoms with Crippen LogP contribution in [0.3, 0.4) is 0 Å². The number of aromatic nitrogens is 1. The Balaban J connectivity index is 2.13. The standard InChI is InChI=1S/C11H16BrN3O2S/c12-10-6-5-7-13-11(10)14-18(16,17)15-8-3-1-2-4-9-15/h5-7H,1-4,8-9H2,(H,13,14). The summed E-state index contributed by atoms with van der Waals surface area (Å²) in [5.41, 5.74) is 0. The van der Waals surface area contributed by atoms with Crippen molar-refractivity contribution in [1.29, 1.82) is 0 Å². The molecule has 1 N–H and O–H groups in total. The fraction of sp³-hybridized carbons (Fsp3) is 0.545. The van der Waals surface area contributed by atoms with Gasteiger partial charge in [0.1, 0.15) is 0 Å². The number of hydrogen-bond donors (Lipinski definition) is 1. The van der Waals surface area contributed by atoms with E-state index in [2.05, 4.69) is 25.6 Å². The molecule has 5 nitrogen and oxygen atoms in total. The minimum Gasteiger partial charge on any atom is -0.254 e. The van der Waals surface area contributed by atoms with Crippen LogP contribution in [0.5, 0.6) is 0 Å². The van der Waals surface area contributed by atoms with Crippen molar-refractivity contribution in [1.82, 2.24) is 9.29 Å². The van der Waals surface area contributed by atoms with Crippen LogP contribution in [0.4, 0.5) is 5.82 Å². The van der Waals surface area contributed by atoms with Crippen LogP contribution in [0.25, 0.3) is 0 Å². The Hall–Kier alpha value is -0.660. The van der Waals surface area contributed by atoms with Gasteiger partial charge in [-0.15, -0.1) is 0 Å². The third-order valence-electron chi connectivity index (χ3n) is 2.89. The van der Waals surface area contributed by atoms with Crippen molar-refractivity contribution in [2.75, 3.05) is 17.8 Å². The van der Waals surface area contributed by atoms with Crippen molar-refractivity contribution in [3.63, 3.8) is 0 Å². The van der Waals surface area contributed by atoms with Gasteiger partial charge < -0.3 is 0 Å². The number of halogens is 1. The zero-order valence-corrected chi connectivity index (χ0v) is 12.4. The average molecular weight is 334 g/mol. The summed E-state index contributed by atoms with van der Waals surface area (Å²) < 4.78 is 29.1. The zero-order chi connectivity index (χ0) is 13.0. The lowest BCUT2D eigenvalue weighted by atomic mass is 10.2. The number of nitrogens with one attached hydrogen (secondary N) is 1. The van der Waals surface area contributed by atoms with E-state index in [4.69, 9.17) is 0 Å². The second kappa shape index (κ2) is 5.99. The van der Waals surface area contributed by atoms with Crippen LogP contribution in [0.2, 0.25) is 0 Å². The van der Waals surface area contributed by atoms with Crippen molar-refractivity contribution in [2.24, 2.45) is 0 Å². The van der Waals surface area contributed by atoms with Crippen LogP contribution >= 0.6 is 15.9 Å². The summed E-state index contributed by atoms with van der Waals surface area (Å²) in [4.78, 5) is 4.02. The molecule has 0 aromatic carbocycles. The largest absolute Gasteiger partial charge is 0.302 e. The first kappa shape index (κ1) is 13.8. The van der Waals surface area contributed by atoms with Crippen molar-refractivity contribution in [3.05, 3.63) is 22.8 Å². The number of nitrogens with zero attached hydrogens (tertiary/aromatic N) is 2. The highest BCUT2D eigenvalue weighted by Crippen LogP contribution is 2.21. The van der Waals surface area contributed by atoms with E-state index in [0.717, 1.165) is 25.7 Å². The fourth-order valence-corrected chi connectivity index (χ4v) is 3.69. The van der Waals surface area contributed by atoms with Gasteiger partial charge in [-0.25, -0.2) is 4.98 Å². The Kier molecular flexibility index (Phi) is 4.58. The minimum absolute atomic E-state index is 0.335. The first-order valence-corrected chi connectivity index (χ1v) is 8.21. The summed E-state index contributed by atoms with van der Waals surface area (Å²) in [5.74, 6) is 0.335. The van der Waals surface area contributed by atoms with Crippen LogP contribution < -0.4 is 4.72 Å². The smallest absolute Gasteiger partial charge is 0.254 e. The normalized spacial score (nSPS) is 18.3. The van der Waals surface area contributed by atoms with E-state index in [-0.39, 0.29) is 0 Å². The van der Waals surface area contributed by atoms with Gasteiger partial charge in [0.2, 0.25) is 0 Å². The van der Waals surface area contributed by atoms with E-state index in [1.54, 1.807) is 18.3 Å². The monoisotopic (exact) mass is 333 g/mol.